The molecule has 57 heavy (non-hydrogen) atoms. The molecule has 2 fully saturated rings. The van der Waals surface area contributed by atoms with Crippen LogP contribution in [-0.4, -0.2) is 26.4 Å². The molecular formula is C52H55NO4. The molecule has 6 aromatic rings. The first-order valence-electron chi connectivity index (χ1n) is 21.0. The average Bonchev–Trinajstić information content (AvgIpc) is 4.20. The highest BCUT2D eigenvalue weighted by molar-refractivity contribution is 5.80. The molecule has 0 N–H and O–H groups in total. The maximum atomic E-state index is 6.12. The number of hydrogen-bond donors (Lipinski definition) is 0. The normalized spacial score (nSPS) is 15.6. The molecule has 0 spiro atoms. The second kappa shape index (κ2) is 18.7. The smallest absolute Gasteiger partial charge is 0.119 e. The van der Waals surface area contributed by atoms with E-state index >= 15 is 0 Å². The fraction of sp³-hybridized carbons (Fsp3) is 0.308. The molecule has 0 saturated carbocycles. The third kappa shape index (κ3) is 10.2. The van der Waals surface area contributed by atoms with Crippen molar-refractivity contribution in [3.8, 4) is 22.6 Å². The summed E-state index contributed by atoms with van der Waals surface area (Å²) in [6.07, 6.45) is 9.03. The van der Waals surface area contributed by atoms with Gasteiger partial charge in [0.25, 0.3) is 0 Å². The monoisotopic (exact) mass is 757 g/mol. The summed E-state index contributed by atoms with van der Waals surface area (Å²) in [6, 6.07) is 50.7. The maximum absolute atomic E-state index is 6.12. The van der Waals surface area contributed by atoms with Crippen LogP contribution in [0.4, 0.5) is 17.1 Å². The van der Waals surface area contributed by atoms with Gasteiger partial charge < -0.3 is 23.8 Å². The predicted molar refractivity (Wildman–Crippen MR) is 232 cm³/mol. The largest absolute Gasteiger partial charge is 0.493 e. The summed E-state index contributed by atoms with van der Waals surface area (Å²) < 4.78 is 23.1. The van der Waals surface area contributed by atoms with E-state index in [1.165, 1.54) is 63.0 Å². The number of hydrogen-bond acceptors (Lipinski definition) is 5. The number of aryl methyl sites for hydroxylation is 2. The number of anilines is 3. The van der Waals surface area contributed by atoms with Gasteiger partial charge in [0.2, 0.25) is 0 Å². The van der Waals surface area contributed by atoms with E-state index in [2.05, 4.69) is 134 Å². The van der Waals surface area contributed by atoms with Gasteiger partial charge in [-0.05, 0) is 131 Å². The molecular weight excluding hydrogens is 703 g/mol. The van der Waals surface area contributed by atoms with Gasteiger partial charge in [-0.1, -0.05) is 106 Å². The number of ether oxygens (including phenoxy) is 4. The minimum Gasteiger partial charge on any atom is -0.493 e. The Kier molecular flexibility index (Phi) is 12.6. The van der Waals surface area contributed by atoms with Gasteiger partial charge in [-0.3, -0.25) is 0 Å². The molecule has 0 radical (unpaired) electrons. The predicted octanol–water partition coefficient (Wildman–Crippen LogP) is 12.9. The van der Waals surface area contributed by atoms with Crippen molar-refractivity contribution in [1.82, 2.24) is 0 Å². The maximum Gasteiger partial charge on any atom is 0.119 e. The number of nitrogens with zero attached hydrogens (tertiary/aromatic N) is 1. The highest BCUT2D eigenvalue weighted by Crippen LogP contribution is 2.39. The van der Waals surface area contributed by atoms with Crippen LogP contribution in [0.1, 0.15) is 85.1 Å². The summed E-state index contributed by atoms with van der Waals surface area (Å²) >= 11 is 0. The van der Waals surface area contributed by atoms with Crippen LogP contribution in [0.25, 0.3) is 11.1 Å². The quantitative estimate of drug-likeness (QED) is 0.0726. The minimum atomic E-state index is 0.264. The lowest BCUT2D eigenvalue weighted by Crippen LogP contribution is -2.11. The number of unbranched alkanes of at least 4 members (excludes halogenated alkanes) is 2. The Morgan fingerprint density at radius 1 is 0.491 bits per heavy atom. The van der Waals surface area contributed by atoms with Crippen LogP contribution in [0.3, 0.4) is 0 Å². The molecule has 8 rings (SSSR count). The lowest BCUT2D eigenvalue weighted by atomic mass is 9.90. The molecule has 2 aliphatic heterocycles. The zero-order chi connectivity index (χ0) is 38.8. The van der Waals surface area contributed by atoms with Crippen molar-refractivity contribution < 1.29 is 18.9 Å². The molecule has 292 valence electrons. The summed E-state index contributed by atoms with van der Waals surface area (Å²) in [4.78, 5) is 2.40. The molecule has 0 aliphatic carbocycles. The van der Waals surface area contributed by atoms with Crippen LogP contribution in [0.5, 0.6) is 11.5 Å². The zero-order valence-electron chi connectivity index (χ0n) is 33.5. The Labute approximate surface area is 339 Å². The van der Waals surface area contributed by atoms with Crippen molar-refractivity contribution in [1.29, 1.82) is 0 Å². The van der Waals surface area contributed by atoms with Crippen LogP contribution < -0.4 is 14.4 Å². The fourth-order valence-corrected chi connectivity index (χ4v) is 7.61. The third-order valence-corrected chi connectivity index (χ3v) is 11.1. The zero-order valence-corrected chi connectivity index (χ0v) is 33.5. The lowest BCUT2D eigenvalue weighted by molar-refractivity contribution is 0.321. The molecule has 2 aliphatic rings. The SMILES string of the molecule is CCCCc1ccccc1-c1ccc(N(c2ccc(CCOc3ccc(C4CO4)cc3)cc2)c2ccc(CCOc3ccc(C4CO4)cc3)cc2)cc1CCCC. The molecule has 2 saturated heterocycles. The van der Waals surface area contributed by atoms with Crippen LogP contribution in [0, 0.1) is 0 Å². The second-order valence-electron chi connectivity index (χ2n) is 15.4. The Balaban J connectivity index is 1.03. The number of benzene rings is 6. The van der Waals surface area contributed by atoms with E-state index in [9.17, 15) is 0 Å². The van der Waals surface area contributed by atoms with E-state index in [0.29, 0.717) is 13.2 Å². The van der Waals surface area contributed by atoms with Crippen molar-refractivity contribution >= 4 is 17.1 Å². The molecule has 0 aromatic heterocycles. The minimum absolute atomic E-state index is 0.264. The van der Waals surface area contributed by atoms with Gasteiger partial charge in [-0.25, -0.2) is 0 Å². The van der Waals surface area contributed by atoms with Gasteiger partial charge in [0, 0.05) is 29.9 Å². The van der Waals surface area contributed by atoms with E-state index < -0.39 is 0 Å². The van der Waals surface area contributed by atoms with E-state index in [1.54, 1.807) is 0 Å². The Hall–Kier alpha value is -5.36. The van der Waals surface area contributed by atoms with Crippen LogP contribution >= 0.6 is 0 Å². The Bertz CT molecular complexity index is 2060. The van der Waals surface area contributed by atoms with Gasteiger partial charge in [-0.2, -0.15) is 0 Å². The molecule has 5 nitrogen and oxygen atoms in total. The van der Waals surface area contributed by atoms with Gasteiger partial charge in [0.1, 0.15) is 23.7 Å². The van der Waals surface area contributed by atoms with Crippen molar-refractivity contribution in [2.45, 2.75) is 77.4 Å². The average molecular weight is 758 g/mol. The first kappa shape index (κ1) is 38.5. The van der Waals surface area contributed by atoms with Gasteiger partial charge >= 0.3 is 0 Å². The second-order valence-corrected chi connectivity index (χ2v) is 15.4. The van der Waals surface area contributed by atoms with Crippen LogP contribution in [0.15, 0.2) is 140 Å². The van der Waals surface area contributed by atoms with Crippen LogP contribution in [-0.2, 0) is 35.2 Å². The molecule has 5 heteroatoms. The van der Waals surface area contributed by atoms with Crippen molar-refractivity contribution in [3.05, 3.63) is 173 Å². The lowest BCUT2D eigenvalue weighted by Gasteiger charge is -2.27. The van der Waals surface area contributed by atoms with E-state index in [1.807, 2.05) is 24.3 Å². The van der Waals surface area contributed by atoms with Crippen LogP contribution in [0.2, 0.25) is 0 Å². The summed E-state index contributed by atoms with van der Waals surface area (Å²) in [7, 11) is 0. The van der Waals surface area contributed by atoms with E-state index in [4.69, 9.17) is 18.9 Å². The van der Waals surface area contributed by atoms with E-state index in [-0.39, 0.29) is 12.2 Å². The standard InChI is InChI=1S/C52H55NO4/c1-3-5-9-40-11-7-8-12-49(40)50-30-25-46(35-43(50)10-6-4-2)53(44-21-13-38(14-22-44)31-33-54-47-26-17-41(18-27-47)51-36-56-51)45-23-15-39(16-24-45)32-34-55-48-28-19-42(20-29-48)52-37-57-52/h7-8,11-30,35,51-52H,3-6,9-10,31-34,36-37H2,1-2H3. The highest BCUT2D eigenvalue weighted by Gasteiger charge is 2.25. The molecule has 0 amide bonds. The molecule has 6 aromatic carbocycles. The third-order valence-electron chi connectivity index (χ3n) is 11.1. The summed E-state index contributed by atoms with van der Waals surface area (Å²) in [6.45, 7) is 7.44. The molecule has 2 unspecified atom stereocenters. The highest BCUT2D eigenvalue weighted by atomic mass is 16.6. The molecule has 2 heterocycles. The summed E-state index contributed by atoms with van der Waals surface area (Å²) in [5.74, 6) is 1.79. The number of rotatable bonds is 20. The number of epoxide rings is 2. The first-order valence-corrected chi connectivity index (χ1v) is 21.0. The topological polar surface area (TPSA) is 46.8 Å². The fourth-order valence-electron chi connectivity index (χ4n) is 7.61. The first-order chi connectivity index (χ1) is 28.1. The molecule has 0 bridgehead atoms. The Morgan fingerprint density at radius 3 is 1.44 bits per heavy atom. The van der Waals surface area contributed by atoms with Crippen molar-refractivity contribution in [2.24, 2.45) is 0 Å². The van der Waals surface area contributed by atoms with Crippen molar-refractivity contribution in [2.75, 3.05) is 31.3 Å². The van der Waals surface area contributed by atoms with Gasteiger partial charge in [0.15, 0.2) is 0 Å². The summed E-state index contributed by atoms with van der Waals surface area (Å²) in [5, 5.41) is 0. The van der Waals surface area contributed by atoms with Crippen molar-refractivity contribution in [3.63, 3.8) is 0 Å². The Morgan fingerprint density at radius 2 is 0.947 bits per heavy atom. The van der Waals surface area contributed by atoms with E-state index in [0.717, 1.165) is 74.6 Å². The molecule has 2 atom stereocenters. The van der Waals surface area contributed by atoms with Gasteiger partial charge in [0.05, 0.1) is 26.4 Å². The van der Waals surface area contributed by atoms with Gasteiger partial charge in [-0.15, -0.1) is 0 Å². The summed E-state index contributed by atoms with van der Waals surface area (Å²) in [5.41, 5.74) is 13.9.